The topological polar surface area (TPSA) is 55.6 Å². The summed E-state index contributed by atoms with van der Waals surface area (Å²) in [4.78, 5) is 15.0. The van der Waals surface area contributed by atoms with Crippen LogP contribution in [-0.2, 0) is 11.2 Å². The number of para-hydroxylation sites is 1. The number of nitrogens with zero attached hydrogens (tertiary/aromatic N) is 2. The van der Waals surface area contributed by atoms with Crippen molar-refractivity contribution in [3.63, 3.8) is 0 Å². The predicted octanol–water partition coefficient (Wildman–Crippen LogP) is 5.21. The van der Waals surface area contributed by atoms with Gasteiger partial charge in [-0.15, -0.1) is 0 Å². The standard InChI is InChI=1S/C23H22N2O3/c1-15-7-10-20-21(25(15)23(26)16-8-9-16)12-11-19(17-13-24-27-14-17)22(20)28-18-5-3-2-4-6-18/h2-6,11-16H,7-10H2,1H3. The molecule has 0 spiro atoms. The number of hydrogen-bond acceptors (Lipinski definition) is 4. The first kappa shape index (κ1) is 17.0. The summed E-state index contributed by atoms with van der Waals surface area (Å²) in [5, 5.41) is 3.85. The molecule has 1 atom stereocenters. The van der Waals surface area contributed by atoms with Gasteiger partial charge in [0, 0.05) is 28.7 Å². The Hall–Kier alpha value is -3.08. The second-order valence-electron chi connectivity index (χ2n) is 7.64. The van der Waals surface area contributed by atoms with Gasteiger partial charge in [-0.05, 0) is 56.9 Å². The van der Waals surface area contributed by atoms with E-state index in [2.05, 4.69) is 12.1 Å². The molecule has 2 heterocycles. The molecule has 1 aliphatic heterocycles. The highest BCUT2D eigenvalue weighted by atomic mass is 16.5. The van der Waals surface area contributed by atoms with Gasteiger partial charge in [-0.1, -0.05) is 23.4 Å². The van der Waals surface area contributed by atoms with Crippen LogP contribution in [0.15, 0.2) is 59.4 Å². The van der Waals surface area contributed by atoms with Crippen LogP contribution in [0.4, 0.5) is 5.69 Å². The molecule has 3 aromatic rings. The van der Waals surface area contributed by atoms with E-state index in [1.54, 1.807) is 12.5 Å². The van der Waals surface area contributed by atoms with E-state index in [9.17, 15) is 4.79 Å². The lowest BCUT2D eigenvalue weighted by Crippen LogP contribution is -2.43. The van der Waals surface area contributed by atoms with Gasteiger partial charge in [0.15, 0.2) is 0 Å². The largest absolute Gasteiger partial charge is 0.456 e. The Bertz CT molecular complexity index is 994. The van der Waals surface area contributed by atoms with Crippen LogP contribution in [0, 0.1) is 5.92 Å². The van der Waals surface area contributed by atoms with Gasteiger partial charge in [0.1, 0.15) is 17.8 Å². The number of carbonyl (C=O) groups is 1. The van der Waals surface area contributed by atoms with Gasteiger partial charge in [-0.25, -0.2) is 0 Å². The highest BCUT2D eigenvalue weighted by Crippen LogP contribution is 2.46. The van der Waals surface area contributed by atoms with E-state index >= 15 is 0 Å². The van der Waals surface area contributed by atoms with E-state index in [4.69, 9.17) is 9.26 Å². The summed E-state index contributed by atoms with van der Waals surface area (Å²) >= 11 is 0. The third-order valence-electron chi connectivity index (χ3n) is 5.62. The Balaban J connectivity index is 1.65. The molecule has 28 heavy (non-hydrogen) atoms. The van der Waals surface area contributed by atoms with Crippen LogP contribution in [-0.4, -0.2) is 17.1 Å². The minimum atomic E-state index is 0.185. The molecule has 2 aliphatic rings. The second-order valence-corrected chi connectivity index (χ2v) is 7.64. The first-order valence-electron chi connectivity index (χ1n) is 9.84. The maximum absolute atomic E-state index is 13.0. The Morgan fingerprint density at radius 3 is 2.68 bits per heavy atom. The summed E-state index contributed by atoms with van der Waals surface area (Å²) in [6, 6.07) is 14.0. The van der Waals surface area contributed by atoms with Crippen molar-refractivity contribution in [2.75, 3.05) is 4.90 Å². The van der Waals surface area contributed by atoms with Crippen LogP contribution in [0.5, 0.6) is 11.5 Å². The van der Waals surface area contributed by atoms with Crippen molar-refractivity contribution >= 4 is 11.6 Å². The van der Waals surface area contributed by atoms with Gasteiger partial charge < -0.3 is 14.2 Å². The minimum Gasteiger partial charge on any atom is -0.456 e. The second kappa shape index (κ2) is 6.82. The lowest BCUT2D eigenvalue weighted by atomic mass is 9.92. The number of rotatable bonds is 4. The molecule has 5 rings (SSSR count). The number of anilines is 1. The molecule has 0 radical (unpaired) electrons. The fourth-order valence-electron chi connectivity index (χ4n) is 3.96. The van der Waals surface area contributed by atoms with Crippen LogP contribution < -0.4 is 9.64 Å². The maximum Gasteiger partial charge on any atom is 0.230 e. The molecule has 142 valence electrons. The van der Waals surface area contributed by atoms with Crippen LogP contribution in [0.2, 0.25) is 0 Å². The number of carbonyl (C=O) groups excluding carboxylic acids is 1. The van der Waals surface area contributed by atoms with Gasteiger partial charge >= 0.3 is 0 Å². The van der Waals surface area contributed by atoms with Gasteiger partial charge in [0.05, 0.1) is 11.9 Å². The number of ether oxygens (including phenoxy) is 1. The number of hydrogen-bond donors (Lipinski definition) is 0. The van der Waals surface area contributed by atoms with E-state index in [0.717, 1.165) is 59.6 Å². The third kappa shape index (κ3) is 2.97. The zero-order chi connectivity index (χ0) is 19.1. The van der Waals surface area contributed by atoms with Gasteiger partial charge in [-0.3, -0.25) is 4.79 Å². The molecular formula is C23H22N2O3. The minimum absolute atomic E-state index is 0.185. The lowest BCUT2D eigenvalue weighted by Gasteiger charge is -2.36. The fourth-order valence-corrected chi connectivity index (χ4v) is 3.96. The van der Waals surface area contributed by atoms with Crippen molar-refractivity contribution in [1.82, 2.24) is 5.16 Å². The Morgan fingerprint density at radius 1 is 1.14 bits per heavy atom. The fraction of sp³-hybridized carbons (Fsp3) is 0.304. The summed E-state index contributed by atoms with van der Waals surface area (Å²) < 4.78 is 11.4. The molecular weight excluding hydrogens is 352 g/mol. The Labute approximate surface area is 163 Å². The van der Waals surface area contributed by atoms with E-state index in [1.165, 1.54) is 0 Å². The summed E-state index contributed by atoms with van der Waals surface area (Å²) in [6.45, 7) is 2.13. The van der Waals surface area contributed by atoms with Gasteiger partial charge in [0.2, 0.25) is 5.91 Å². The van der Waals surface area contributed by atoms with Gasteiger partial charge in [-0.2, -0.15) is 0 Å². The Morgan fingerprint density at radius 2 is 1.96 bits per heavy atom. The number of benzene rings is 2. The van der Waals surface area contributed by atoms with Gasteiger partial charge in [0.25, 0.3) is 0 Å². The van der Waals surface area contributed by atoms with Crippen molar-refractivity contribution in [3.8, 4) is 22.6 Å². The normalized spacial score (nSPS) is 18.6. The molecule has 0 saturated heterocycles. The van der Waals surface area contributed by atoms with E-state index in [-0.39, 0.29) is 17.9 Å². The van der Waals surface area contributed by atoms with Crippen molar-refractivity contribution in [3.05, 3.63) is 60.5 Å². The summed E-state index contributed by atoms with van der Waals surface area (Å²) in [6.07, 6.45) is 7.11. The SMILES string of the molecule is CC1CCc2c(ccc(-c3cnoc3)c2Oc2ccccc2)N1C(=O)C1CC1. The average Bonchev–Trinajstić information content (AvgIpc) is 3.43. The smallest absolute Gasteiger partial charge is 0.230 e. The molecule has 1 amide bonds. The van der Waals surface area contributed by atoms with Crippen LogP contribution in [0.3, 0.4) is 0 Å². The summed E-state index contributed by atoms with van der Waals surface area (Å²) in [7, 11) is 0. The third-order valence-corrected chi connectivity index (χ3v) is 5.62. The maximum atomic E-state index is 13.0. The van der Waals surface area contributed by atoms with E-state index in [0.29, 0.717) is 0 Å². The van der Waals surface area contributed by atoms with Crippen LogP contribution >= 0.6 is 0 Å². The Kier molecular flexibility index (Phi) is 4.15. The molecule has 1 aliphatic carbocycles. The highest BCUT2D eigenvalue weighted by molar-refractivity contribution is 5.99. The van der Waals surface area contributed by atoms with Crippen LogP contribution in [0.1, 0.15) is 31.7 Å². The summed E-state index contributed by atoms with van der Waals surface area (Å²) in [5.74, 6) is 1.99. The average molecular weight is 374 g/mol. The van der Waals surface area contributed by atoms with Crippen molar-refractivity contribution in [1.29, 1.82) is 0 Å². The summed E-state index contributed by atoms with van der Waals surface area (Å²) in [5.41, 5.74) is 3.85. The zero-order valence-electron chi connectivity index (χ0n) is 15.8. The number of amides is 1. The predicted molar refractivity (Wildman–Crippen MR) is 106 cm³/mol. The van der Waals surface area contributed by atoms with Crippen LogP contribution in [0.25, 0.3) is 11.1 Å². The first-order valence-corrected chi connectivity index (χ1v) is 9.84. The number of aromatic nitrogens is 1. The van der Waals surface area contributed by atoms with Crippen molar-refractivity contribution < 1.29 is 14.1 Å². The molecule has 5 nitrogen and oxygen atoms in total. The monoisotopic (exact) mass is 374 g/mol. The van der Waals surface area contributed by atoms with E-state index in [1.807, 2.05) is 47.4 Å². The molecule has 1 fully saturated rings. The zero-order valence-corrected chi connectivity index (χ0v) is 15.8. The molecule has 2 aromatic carbocycles. The molecule has 1 unspecified atom stereocenters. The number of fused-ring (bicyclic) bond motifs is 1. The van der Waals surface area contributed by atoms with Crippen molar-refractivity contribution in [2.45, 2.75) is 38.6 Å². The first-order chi connectivity index (χ1) is 13.7. The highest BCUT2D eigenvalue weighted by Gasteiger charge is 2.39. The molecule has 0 N–H and O–H groups in total. The quantitative estimate of drug-likeness (QED) is 0.629. The van der Waals surface area contributed by atoms with E-state index < -0.39 is 0 Å². The molecule has 1 aromatic heterocycles. The lowest BCUT2D eigenvalue weighted by molar-refractivity contribution is -0.120. The van der Waals surface area contributed by atoms with Crippen molar-refractivity contribution in [2.24, 2.45) is 5.92 Å². The molecule has 0 bridgehead atoms. The molecule has 1 saturated carbocycles. The molecule has 5 heteroatoms.